The molecule has 0 spiro atoms. The molecule has 0 radical (unpaired) electrons. The van der Waals surface area contributed by atoms with E-state index < -0.39 is 0 Å². The number of aromatic amines is 1. The standard InChI is InChI=1S/C18H16N4O/c1-11-16(12-5-7-13(23-2)8-6-12)17(15-4-3-9-21-15)14(10-19)18(20)22-11/h3-9,21H,1-2H3,(H2,20,22). The van der Waals surface area contributed by atoms with E-state index in [1.807, 2.05) is 49.5 Å². The highest BCUT2D eigenvalue weighted by molar-refractivity contribution is 5.89. The van der Waals surface area contributed by atoms with Gasteiger partial charge in [0, 0.05) is 28.7 Å². The van der Waals surface area contributed by atoms with Crippen molar-refractivity contribution in [3.8, 4) is 34.2 Å². The molecule has 0 saturated carbocycles. The van der Waals surface area contributed by atoms with Gasteiger partial charge in [-0.2, -0.15) is 5.26 Å². The Hall–Kier alpha value is -3.26. The van der Waals surface area contributed by atoms with Gasteiger partial charge in [0.25, 0.3) is 0 Å². The van der Waals surface area contributed by atoms with Crippen LogP contribution < -0.4 is 10.5 Å². The van der Waals surface area contributed by atoms with Gasteiger partial charge in [-0.1, -0.05) is 12.1 Å². The number of ether oxygens (including phenoxy) is 1. The number of methoxy groups -OCH3 is 1. The lowest BCUT2D eigenvalue weighted by Crippen LogP contribution is -2.03. The van der Waals surface area contributed by atoms with Crippen LogP contribution in [0.1, 0.15) is 11.3 Å². The van der Waals surface area contributed by atoms with E-state index in [4.69, 9.17) is 10.5 Å². The van der Waals surface area contributed by atoms with Crippen molar-refractivity contribution in [1.82, 2.24) is 9.97 Å². The largest absolute Gasteiger partial charge is 0.497 e. The lowest BCUT2D eigenvalue weighted by molar-refractivity contribution is 0.415. The van der Waals surface area contributed by atoms with E-state index in [9.17, 15) is 5.26 Å². The van der Waals surface area contributed by atoms with Gasteiger partial charge in [-0.15, -0.1) is 0 Å². The summed E-state index contributed by atoms with van der Waals surface area (Å²) < 4.78 is 5.21. The molecule has 2 heterocycles. The average molecular weight is 304 g/mol. The van der Waals surface area contributed by atoms with Gasteiger partial charge in [0.1, 0.15) is 23.2 Å². The maximum Gasteiger partial charge on any atom is 0.142 e. The first-order chi connectivity index (χ1) is 11.2. The Labute approximate surface area is 134 Å². The summed E-state index contributed by atoms with van der Waals surface area (Å²) in [5.74, 6) is 1.02. The molecule has 3 aromatic rings. The van der Waals surface area contributed by atoms with Crippen molar-refractivity contribution in [3.63, 3.8) is 0 Å². The van der Waals surface area contributed by atoms with Crippen molar-refractivity contribution in [1.29, 1.82) is 5.26 Å². The Kier molecular flexibility index (Phi) is 3.73. The highest BCUT2D eigenvalue weighted by atomic mass is 16.5. The van der Waals surface area contributed by atoms with Crippen LogP contribution in [0.25, 0.3) is 22.4 Å². The van der Waals surface area contributed by atoms with Crippen molar-refractivity contribution >= 4 is 5.82 Å². The van der Waals surface area contributed by atoms with E-state index in [2.05, 4.69) is 16.0 Å². The third-order valence-corrected chi connectivity index (χ3v) is 3.76. The summed E-state index contributed by atoms with van der Waals surface area (Å²) in [7, 11) is 1.63. The summed E-state index contributed by atoms with van der Waals surface area (Å²) in [6.45, 7) is 1.89. The van der Waals surface area contributed by atoms with Gasteiger partial charge in [-0.05, 0) is 36.8 Å². The molecule has 0 amide bonds. The first-order valence-electron chi connectivity index (χ1n) is 7.14. The number of aryl methyl sites for hydroxylation is 1. The molecule has 0 saturated heterocycles. The van der Waals surface area contributed by atoms with Gasteiger partial charge in [0.2, 0.25) is 0 Å². The van der Waals surface area contributed by atoms with Crippen molar-refractivity contribution in [2.75, 3.05) is 12.8 Å². The van der Waals surface area contributed by atoms with E-state index >= 15 is 0 Å². The number of nitriles is 1. The maximum absolute atomic E-state index is 9.54. The van der Waals surface area contributed by atoms with Gasteiger partial charge in [0.15, 0.2) is 0 Å². The zero-order chi connectivity index (χ0) is 16.4. The summed E-state index contributed by atoms with van der Waals surface area (Å²) in [4.78, 5) is 7.50. The molecule has 3 N–H and O–H groups in total. The van der Waals surface area contributed by atoms with E-state index in [1.165, 1.54) is 0 Å². The lowest BCUT2D eigenvalue weighted by atomic mass is 9.93. The molecular weight excluding hydrogens is 288 g/mol. The van der Waals surface area contributed by atoms with Gasteiger partial charge in [-0.3, -0.25) is 0 Å². The third kappa shape index (κ3) is 2.51. The van der Waals surface area contributed by atoms with Crippen LogP contribution in [-0.4, -0.2) is 17.1 Å². The maximum atomic E-state index is 9.54. The summed E-state index contributed by atoms with van der Waals surface area (Å²) >= 11 is 0. The number of pyridine rings is 1. The Balaban J connectivity index is 2.33. The molecule has 23 heavy (non-hydrogen) atoms. The second kappa shape index (κ2) is 5.85. The number of nitrogens with zero attached hydrogens (tertiary/aromatic N) is 2. The number of rotatable bonds is 3. The molecule has 0 atom stereocenters. The number of nitrogen functional groups attached to an aromatic ring is 1. The molecule has 0 aliphatic rings. The minimum absolute atomic E-state index is 0.242. The van der Waals surface area contributed by atoms with Gasteiger partial charge in [-0.25, -0.2) is 4.98 Å². The van der Waals surface area contributed by atoms with E-state index in [0.29, 0.717) is 5.56 Å². The lowest BCUT2D eigenvalue weighted by Gasteiger charge is -2.15. The number of hydrogen-bond donors (Lipinski definition) is 2. The van der Waals surface area contributed by atoms with Crippen LogP contribution in [0.4, 0.5) is 5.82 Å². The van der Waals surface area contributed by atoms with Crippen molar-refractivity contribution < 1.29 is 4.74 Å². The summed E-state index contributed by atoms with van der Waals surface area (Å²) in [6.07, 6.45) is 1.82. The molecule has 0 aliphatic carbocycles. The summed E-state index contributed by atoms with van der Waals surface area (Å²) in [5.41, 5.74) is 10.6. The second-order valence-corrected chi connectivity index (χ2v) is 5.13. The van der Waals surface area contributed by atoms with Gasteiger partial charge < -0.3 is 15.5 Å². The molecule has 0 bridgehead atoms. The minimum atomic E-state index is 0.242. The number of benzene rings is 1. The molecule has 0 aliphatic heterocycles. The Morgan fingerprint density at radius 3 is 2.48 bits per heavy atom. The van der Waals surface area contributed by atoms with Crippen molar-refractivity contribution in [3.05, 3.63) is 53.9 Å². The highest BCUT2D eigenvalue weighted by Crippen LogP contribution is 2.38. The molecule has 0 fully saturated rings. The first-order valence-corrected chi connectivity index (χ1v) is 7.14. The number of hydrogen-bond acceptors (Lipinski definition) is 4. The van der Waals surface area contributed by atoms with Crippen LogP contribution in [0.15, 0.2) is 42.6 Å². The number of nitrogens with one attached hydrogen (secondary N) is 1. The second-order valence-electron chi connectivity index (χ2n) is 5.13. The molecule has 0 unspecified atom stereocenters. The van der Waals surface area contributed by atoms with Crippen molar-refractivity contribution in [2.45, 2.75) is 6.92 Å². The quantitative estimate of drug-likeness (QED) is 0.775. The van der Waals surface area contributed by atoms with Crippen LogP contribution in [0, 0.1) is 18.3 Å². The van der Waals surface area contributed by atoms with Crippen molar-refractivity contribution in [2.24, 2.45) is 0 Å². The monoisotopic (exact) mass is 304 g/mol. The molecular formula is C18H16N4O. The fourth-order valence-electron chi connectivity index (χ4n) is 2.71. The smallest absolute Gasteiger partial charge is 0.142 e. The Morgan fingerprint density at radius 2 is 1.91 bits per heavy atom. The van der Waals surface area contributed by atoms with Crippen LogP contribution in [-0.2, 0) is 0 Å². The molecule has 1 aromatic carbocycles. The summed E-state index contributed by atoms with van der Waals surface area (Å²) in [5, 5.41) is 9.54. The average Bonchev–Trinajstić information content (AvgIpc) is 3.08. The normalized spacial score (nSPS) is 10.3. The molecule has 2 aromatic heterocycles. The SMILES string of the molecule is COc1ccc(-c2c(C)nc(N)c(C#N)c2-c2ccc[nH]2)cc1. The minimum Gasteiger partial charge on any atom is -0.497 e. The van der Waals surface area contributed by atoms with Crippen LogP contribution in [0.5, 0.6) is 5.75 Å². The number of H-pyrrole nitrogens is 1. The van der Waals surface area contributed by atoms with E-state index in [0.717, 1.165) is 33.8 Å². The number of aromatic nitrogens is 2. The van der Waals surface area contributed by atoms with Gasteiger partial charge >= 0.3 is 0 Å². The van der Waals surface area contributed by atoms with E-state index in [-0.39, 0.29) is 5.82 Å². The first kappa shape index (κ1) is 14.7. The third-order valence-electron chi connectivity index (χ3n) is 3.76. The zero-order valence-corrected chi connectivity index (χ0v) is 12.9. The zero-order valence-electron chi connectivity index (χ0n) is 12.9. The Bertz CT molecular complexity index is 875. The predicted molar refractivity (Wildman–Crippen MR) is 89.9 cm³/mol. The Morgan fingerprint density at radius 1 is 1.17 bits per heavy atom. The topological polar surface area (TPSA) is 87.7 Å². The van der Waals surface area contributed by atoms with Crippen LogP contribution in [0.2, 0.25) is 0 Å². The fourth-order valence-corrected chi connectivity index (χ4v) is 2.71. The number of nitrogens with two attached hydrogens (primary N) is 1. The van der Waals surface area contributed by atoms with Crippen LogP contribution >= 0.6 is 0 Å². The number of anilines is 1. The predicted octanol–water partition coefficient (Wildman–Crippen LogP) is 3.51. The summed E-state index contributed by atoms with van der Waals surface area (Å²) in [6, 6.07) is 13.7. The fraction of sp³-hybridized carbons (Fsp3) is 0.111. The molecule has 5 nitrogen and oxygen atoms in total. The molecule has 5 heteroatoms. The molecule has 3 rings (SSSR count). The highest BCUT2D eigenvalue weighted by Gasteiger charge is 2.19. The molecule has 114 valence electrons. The van der Waals surface area contributed by atoms with E-state index in [1.54, 1.807) is 7.11 Å². The van der Waals surface area contributed by atoms with Crippen LogP contribution in [0.3, 0.4) is 0 Å². The van der Waals surface area contributed by atoms with Gasteiger partial charge in [0.05, 0.1) is 7.11 Å².